The first-order chi connectivity index (χ1) is 15.5. The van der Waals surface area contributed by atoms with E-state index < -0.39 is 0 Å². The number of hydrogen-bond acceptors (Lipinski definition) is 7. The third-order valence-corrected chi connectivity index (χ3v) is 5.76. The molecule has 0 spiro atoms. The summed E-state index contributed by atoms with van der Waals surface area (Å²) < 4.78 is 13.0. The van der Waals surface area contributed by atoms with Crippen LogP contribution in [0.15, 0.2) is 35.5 Å². The Balaban J connectivity index is 1.43. The Morgan fingerprint density at radius 2 is 1.88 bits per heavy atom. The Morgan fingerprint density at radius 3 is 2.56 bits per heavy atom. The van der Waals surface area contributed by atoms with Gasteiger partial charge >= 0.3 is 0 Å². The van der Waals surface area contributed by atoms with Crippen LogP contribution in [0, 0.1) is 6.92 Å². The van der Waals surface area contributed by atoms with E-state index in [1.165, 1.54) is 7.11 Å². The lowest BCUT2D eigenvalue weighted by Crippen LogP contribution is -2.41. The van der Waals surface area contributed by atoms with Crippen LogP contribution in [0.1, 0.15) is 48.7 Å². The third-order valence-electron chi connectivity index (χ3n) is 5.76. The standard InChI is InChI=1S/C23H27N5O4/c1-4-28-13-18(19(29)17-10-5-14(2)26-20(17)28)21(30)27-15-6-8-16(9-7-15)32-23-22(31-3)24-11-12-25-23/h5,10-13,15-16H,4,6-9H2,1-3H3,(H,27,30). The number of carbonyl (C=O) groups excluding carboxylic acids is 1. The second-order valence-electron chi connectivity index (χ2n) is 7.92. The molecule has 0 saturated heterocycles. The van der Waals surface area contributed by atoms with Gasteiger partial charge in [0, 0.05) is 36.9 Å². The van der Waals surface area contributed by atoms with E-state index in [0.717, 1.165) is 31.4 Å². The number of fused-ring (bicyclic) bond motifs is 1. The SMILES string of the molecule is CCn1cc(C(=O)NC2CCC(Oc3nccnc3OC)CC2)c(=O)c2ccc(C)nc21. The summed E-state index contributed by atoms with van der Waals surface area (Å²) in [5, 5.41) is 3.49. The van der Waals surface area contributed by atoms with E-state index in [1.54, 1.807) is 30.7 Å². The fourth-order valence-electron chi connectivity index (χ4n) is 4.04. The lowest BCUT2D eigenvalue weighted by Gasteiger charge is -2.29. The maximum atomic E-state index is 13.0. The van der Waals surface area contributed by atoms with Gasteiger partial charge in [0.1, 0.15) is 17.3 Å². The molecule has 0 bridgehead atoms. The van der Waals surface area contributed by atoms with Crippen molar-refractivity contribution in [2.75, 3.05) is 7.11 Å². The van der Waals surface area contributed by atoms with Crippen LogP contribution < -0.4 is 20.2 Å². The number of nitrogens with one attached hydrogen (secondary N) is 1. The Labute approximate surface area is 185 Å². The van der Waals surface area contributed by atoms with Gasteiger partial charge < -0.3 is 19.4 Å². The summed E-state index contributed by atoms with van der Waals surface area (Å²) in [7, 11) is 1.53. The molecule has 0 radical (unpaired) electrons. The second-order valence-corrected chi connectivity index (χ2v) is 7.92. The fraction of sp³-hybridized carbons (Fsp3) is 0.435. The molecular weight excluding hydrogens is 410 g/mol. The molecule has 1 fully saturated rings. The van der Waals surface area contributed by atoms with Gasteiger partial charge in [-0.25, -0.2) is 15.0 Å². The van der Waals surface area contributed by atoms with Gasteiger partial charge in [0.05, 0.1) is 12.5 Å². The highest BCUT2D eigenvalue weighted by molar-refractivity contribution is 5.97. The monoisotopic (exact) mass is 437 g/mol. The summed E-state index contributed by atoms with van der Waals surface area (Å²) in [5.74, 6) is 0.387. The molecule has 4 rings (SSSR count). The van der Waals surface area contributed by atoms with Crippen LogP contribution in [0.25, 0.3) is 11.0 Å². The van der Waals surface area contributed by atoms with E-state index in [1.807, 2.05) is 18.4 Å². The molecule has 1 amide bonds. The number of amides is 1. The second kappa shape index (κ2) is 9.33. The topological polar surface area (TPSA) is 108 Å². The average Bonchev–Trinajstić information content (AvgIpc) is 2.81. The van der Waals surface area contributed by atoms with E-state index in [4.69, 9.17) is 9.47 Å². The van der Waals surface area contributed by atoms with Crippen molar-refractivity contribution < 1.29 is 14.3 Å². The van der Waals surface area contributed by atoms with E-state index >= 15 is 0 Å². The third kappa shape index (κ3) is 4.42. The molecule has 0 aliphatic heterocycles. The quantitative estimate of drug-likeness (QED) is 0.631. The number of pyridine rings is 2. The Hall–Kier alpha value is -3.49. The van der Waals surface area contributed by atoms with E-state index in [-0.39, 0.29) is 29.0 Å². The molecule has 1 aliphatic rings. The van der Waals surface area contributed by atoms with Gasteiger partial charge in [-0.2, -0.15) is 0 Å². The van der Waals surface area contributed by atoms with Gasteiger partial charge in [0.25, 0.3) is 17.7 Å². The minimum atomic E-state index is -0.348. The largest absolute Gasteiger partial charge is 0.477 e. The summed E-state index contributed by atoms with van der Waals surface area (Å²) >= 11 is 0. The van der Waals surface area contributed by atoms with Crippen LogP contribution in [0.3, 0.4) is 0 Å². The maximum absolute atomic E-state index is 13.0. The number of carbonyl (C=O) groups is 1. The molecule has 3 aromatic heterocycles. The average molecular weight is 438 g/mol. The van der Waals surface area contributed by atoms with Crippen molar-refractivity contribution in [2.45, 2.75) is 58.2 Å². The predicted octanol–water partition coefficient (Wildman–Crippen LogP) is 2.64. The number of methoxy groups -OCH3 is 1. The van der Waals surface area contributed by atoms with Gasteiger partial charge in [0.15, 0.2) is 0 Å². The molecular formula is C23H27N5O4. The van der Waals surface area contributed by atoms with Crippen molar-refractivity contribution in [2.24, 2.45) is 0 Å². The zero-order valence-electron chi connectivity index (χ0n) is 18.5. The highest BCUT2D eigenvalue weighted by Crippen LogP contribution is 2.27. The minimum absolute atomic E-state index is 0.0209. The van der Waals surface area contributed by atoms with Gasteiger partial charge in [-0.1, -0.05) is 0 Å². The Morgan fingerprint density at radius 1 is 1.16 bits per heavy atom. The molecule has 9 nitrogen and oxygen atoms in total. The van der Waals surface area contributed by atoms with Crippen molar-refractivity contribution in [1.29, 1.82) is 0 Å². The molecule has 3 aromatic rings. The highest BCUT2D eigenvalue weighted by Gasteiger charge is 2.26. The van der Waals surface area contributed by atoms with Crippen LogP contribution >= 0.6 is 0 Å². The summed E-state index contributed by atoms with van der Waals surface area (Å²) in [6.07, 6.45) is 7.70. The van der Waals surface area contributed by atoms with E-state index in [2.05, 4.69) is 20.3 Å². The Bertz CT molecular complexity index is 1180. The smallest absolute Gasteiger partial charge is 0.278 e. The fourth-order valence-corrected chi connectivity index (χ4v) is 4.04. The number of aryl methyl sites for hydroxylation is 2. The lowest BCUT2D eigenvalue weighted by molar-refractivity contribution is 0.0885. The number of hydrogen-bond donors (Lipinski definition) is 1. The summed E-state index contributed by atoms with van der Waals surface area (Å²) in [6, 6.07) is 3.51. The summed E-state index contributed by atoms with van der Waals surface area (Å²) in [5.41, 5.74) is 1.29. The van der Waals surface area contributed by atoms with Crippen LogP contribution in [-0.2, 0) is 6.54 Å². The van der Waals surface area contributed by atoms with Crippen molar-refractivity contribution in [3.63, 3.8) is 0 Å². The first-order valence-electron chi connectivity index (χ1n) is 10.8. The van der Waals surface area contributed by atoms with Crippen molar-refractivity contribution in [1.82, 2.24) is 24.8 Å². The molecule has 0 aromatic carbocycles. The maximum Gasteiger partial charge on any atom is 0.278 e. The van der Waals surface area contributed by atoms with Gasteiger partial charge in [0.2, 0.25) is 5.43 Å². The van der Waals surface area contributed by atoms with Crippen LogP contribution in [0.5, 0.6) is 11.8 Å². The molecule has 168 valence electrons. The number of aromatic nitrogens is 4. The minimum Gasteiger partial charge on any atom is -0.477 e. The Kier molecular flexibility index (Phi) is 6.34. The van der Waals surface area contributed by atoms with Crippen molar-refractivity contribution >= 4 is 16.9 Å². The summed E-state index contributed by atoms with van der Waals surface area (Å²) in [4.78, 5) is 38.7. The van der Waals surface area contributed by atoms with Crippen molar-refractivity contribution in [3.8, 4) is 11.8 Å². The van der Waals surface area contributed by atoms with Crippen molar-refractivity contribution in [3.05, 3.63) is 52.2 Å². The first-order valence-corrected chi connectivity index (χ1v) is 10.8. The van der Waals surface area contributed by atoms with Crippen LogP contribution in [0.4, 0.5) is 0 Å². The lowest BCUT2D eigenvalue weighted by atomic mass is 9.92. The molecule has 32 heavy (non-hydrogen) atoms. The molecule has 3 heterocycles. The zero-order valence-corrected chi connectivity index (χ0v) is 18.5. The molecule has 1 saturated carbocycles. The number of ether oxygens (including phenoxy) is 2. The van der Waals surface area contributed by atoms with Gasteiger partial charge in [-0.05, 0) is 51.7 Å². The molecule has 9 heteroatoms. The van der Waals surface area contributed by atoms with Crippen LogP contribution in [0.2, 0.25) is 0 Å². The zero-order chi connectivity index (χ0) is 22.7. The number of rotatable bonds is 6. The molecule has 1 aliphatic carbocycles. The van der Waals surface area contributed by atoms with Crippen LogP contribution in [-0.4, -0.2) is 44.7 Å². The molecule has 0 unspecified atom stereocenters. The summed E-state index contributed by atoms with van der Waals surface area (Å²) in [6.45, 7) is 4.45. The van der Waals surface area contributed by atoms with E-state index in [0.29, 0.717) is 29.3 Å². The van der Waals surface area contributed by atoms with Gasteiger partial charge in [-0.15, -0.1) is 0 Å². The normalized spacial score (nSPS) is 18.3. The molecule has 0 atom stereocenters. The number of nitrogens with zero attached hydrogens (tertiary/aromatic N) is 4. The molecule has 1 N–H and O–H groups in total. The first kappa shape index (κ1) is 21.7. The van der Waals surface area contributed by atoms with Gasteiger partial charge in [-0.3, -0.25) is 9.59 Å². The predicted molar refractivity (Wildman–Crippen MR) is 119 cm³/mol. The highest BCUT2D eigenvalue weighted by atomic mass is 16.5. The van der Waals surface area contributed by atoms with E-state index in [9.17, 15) is 9.59 Å².